The van der Waals surface area contributed by atoms with Crippen LogP contribution in [0.4, 0.5) is 0 Å². The first-order valence-corrected chi connectivity index (χ1v) is 6.49. The molecule has 2 nitrogen and oxygen atoms in total. The van der Waals surface area contributed by atoms with E-state index >= 15 is 0 Å². The van der Waals surface area contributed by atoms with Gasteiger partial charge >= 0.3 is 0 Å². The highest BCUT2D eigenvalue weighted by atomic mass is 16.3. The minimum absolute atomic E-state index is 0.0431. The lowest BCUT2D eigenvalue weighted by Gasteiger charge is -2.41. The Balaban J connectivity index is 2.43. The van der Waals surface area contributed by atoms with Crippen molar-refractivity contribution in [2.75, 3.05) is 13.2 Å². The second kappa shape index (κ2) is 5.86. The highest BCUT2D eigenvalue weighted by Crippen LogP contribution is 2.35. The van der Waals surface area contributed by atoms with Gasteiger partial charge in [-0.05, 0) is 50.5 Å². The smallest absolute Gasteiger partial charge is 0.0613 e. The highest BCUT2D eigenvalue weighted by Gasteiger charge is 2.34. The average Bonchev–Trinajstić information content (AvgIpc) is 2.27. The topological polar surface area (TPSA) is 32.3 Å². The predicted molar refractivity (Wildman–Crippen MR) is 64.9 cm³/mol. The summed E-state index contributed by atoms with van der Waals surface area (Å²) in [7, 11) is 0. The van der Waals surface area contributed by atoms with Crippen LogP contribution in [-0.4, -0.2) is 23.8 Å². The molecule has 0 amide bonds. The summed E-state index contributed by atoms with van der Waals surface area (Å²) in [5.74, 6) is 1.67. The van der Waals surface area contributed by atoms with E-state index in [0.717, 1.165) is 37.6 Å². The van der Waals surface area contributed by atoms with Crippen LogP contribution in [0.3, 0.4) is 0 Å². The number of hydrogen-bond acceptors (Lipinski definition) is 2. The molecule has 0 heterocycles. The first-order chi connectivity index (χ1) is 7.13. The van der Waals surface area contributed by atoms with Gasteiger partial charge in [-0.15, -0.1) is 0 Å². The van der Waals surface area contributed by atoms with Crippen LogP contribution in [0.15, 0.2) is 0 Å². The summed E-state index contributed by atoms with van der Waals surface area (Å²) >= 11 is 0. The molecular formula is C13H27NO. The number of hydrogen-bond donors (Lipinski definition) is 2. The molecule has 0 aliphatic heterocycles. The standard InChI is InChI=1S/C13H27NO/c1-4-9-14-13(10-15)7-5-12(6-8-13)11(2)3/h11-12,14-15H,4-10H2,1-3H3. The van der Waals surface area contributed by atoms with Gasteiger partial charge in [-0.25, -0.2) is 0 Å². The molecule has 2 heteroatoms. The van der Waals surface area contributed by atoms with E-state index in [-0.39, 0.29) is 5.54 Å². The molecule has 0 aromatic carbocycles. The summed E-state index contributed by atoms with van der Waals surface area (Å²) in [6.07, 6.45) is 5.98. The van der Waals surface area contributed by atoms with Gasteiger partial charge in [0, 0.05) is 5.54 Å². The van der Waals surface area contributed by atoms with Crippen LogP contribution in [0.1, 0.15) is 52.9 Å². The number of aliphatic hydroxyl groups excluding tert-OH is 1. The van der Waals surface area contributed by atoms with Gasteiger partial charge in [0.2, 0.25) is 0 Å². The largest absolute Gasteiger partial charge is 0.394 e. The van der Waals surface area contributed by atoms with Crippen LogP contribution in [0.5, 0.6) is 0 Å². The minimum atomic E-state index is 0.0431. The van der Waals surface area contributed by atoms with Crippen LogP contribution in [0, 0.1) is 11.8 Å². The minimum Gasteiger partial charge on any atom is -0.394 e. The molecule has 1 aliphatic carbocycles. The first kappa shape index (κ1) is 13.0. The monoisotopic (exact) mass is 213 g/mol. The first-order valence-electron chi connectivity index (χ1n) is 6.49. The molecule has 1 fully saturated rings. The molecule has 15 heavy (non-hydrogen) atoms. The molecule has 0 unspecified atom stereocenters. The lowest BCUT2D eigenvalue weighted by atomic mass is 9.73. The zero-order valence-corrected chi connectivity index (χ0v) is 10.6. The Morgan fingerprint density at radius 2 is 1.93 bits per heavy atom. The van der Waals surface area contributed by atoms with Crippen molar-refractivity contribution in [2.24, 2.45) is 11.8 Å². The van der Waals surface area contributed by atoms with Crippen molar-refractivity contribution in [1.82, 2.24) is 5.32 Å². The summed E-state index contributed by atoms with van der Waals surface area (Å²) in [6.45, 7) is 8.15. The number of aliphatic hydroxyl groups is 1. The molecule has 1 rings (SSSR count). The zero-order valence-electron chi connectivity index (χ0n) is 10.6. The third-order valence-electron chi connectivity index (χ3n) is 3.98. The van der Waals surface area contributed by atoms with E-state index in [9.17, 15) is 5.11 Å². The van der Waals surface area contributed by atoms with Gasteiger partial charge in [-0.2, -0.15) is 0 Å². The molecule has 2 N–H and O–H groups in total. The Hall–Kier alpha value is -0.0800. The van der Waals surface area contributed by atoms with E-state index in [1.165, 1.54) is 12.8 Å². The van der Waals surface area contributed by atoms with E-state index in [2.05, 4.69) is 26.1 Å². The predicted octanol–water partition coefficient (Wildman–Crippen LogP) is 2.56. The molecule has 1 aliphatic rings. The third kappa shape index (κ3) is 3.46. The van der Waals surface area contributed by atoms with E-state index in [0.29, 0.717) is 6.61 Å². The molecule has 0 aromatic rings. The van der Waals surface area contributed by atoms with Gasteiger partial charge in [-0.1, -0.05) is 20.8 Å². The molecule has 0 aromatic heterocycles. The summed E-state index contributed by atoms with van der Waals surface area (Å²) in [6, 6.07) is 0. The molecule has 1 saturated carbocycles. The second-order valence-corrected chi connectivity index (χ2v) is 5.45. The van der Waals surface area contributed by atoms with Crippen LogP contribution >= 0.6 is 0 Å². The number of nitrogens with one attached hydrogen (secondary N) is 1. The molecule has 0 spiro atoms. The van der Waals surface area contributed by atoms with Crippen molar-refractivity contribution in [3.8, 4) is 0 Å². The third-order valence-corrected chi connectivity index (χ3v) is 3.98. The maximum atomic E-state index is 9.53. The van der Waals surface area contributed by atoms with E-state index in [4.69, 9.17) is 0 Å². The van der Waals surface area contributed by atoms with Crippen molar-refractivity contribution >= 4 is 0 Å². The van der Waals surface area contributed by atoms with Crippen LogP contribution in [-0.2, 0) is 0 Å². The van der Waals surface area contributed by atoms with Gasteiger partial charge in [0.25, 0.3) is 0 Å². The van der Waals surface area contributed by atoms with Gasteiger partial charge in [-0.3, -0.25) is 0 Å². The van der Waals surface area contributed by atoms with Crippen LogP contribution < -0.4 is 5.32 Å². The molecular weight excluding hydrogens is 186 g/mol. The van der Waals surface area contributed by atoms with Crippen molar-refractivity contribution in [3.05, 3.63) is 0 Å². The Morgan fingerprint density at radius 1 is 1.33 bits per heavy atom. The maximum Gasteiger partial charge on any atom is 0.0613 e. The zero-order chi connectivity index (χ0) is 11.3. The SMILES string of the molecule is CCCNC1(CO)CCC(C(C)C)CC1. The van der Waals surface area contributed by atoms with Gasteiger partial charge in [0.05, 0.1) is 6.61 Å². The van der Waals surface area contributed by atoms with Crippen molar-refractivity contribution in [2.45, 2.75) is 58.4 Å². The fourth-order valence-electron chi connectivity index (χ4n) is 2.64. The van der Waals surface area contributed by atoms with Gasteiger partial charge in [0.15, 0.2) is 0 Å². The fourth-order valence-corrected chi connectivity index (χ4v) is 2.64. The van der Waals surface area contributed by atoms with E-state index in [1.807, 2.05) is 0 Å². The summed E-state index contributed by atoms with van der Waals surface area (Å²) in [4.78, 5) is 0. The lowest BCUT2D eigenvalue weighted by Crippen LogP contribution is -2.51. The molecule has 90 valence electrons. The lowest BCUT2D eigenvalue weighted by molar-refractivity contribution is 0.0915. The normalized spacial score (nSPS) is 32.2. The Morgan fingerprint density at radius 3 is 2.33 bits per heavy atom. The summed E-state index contributed by atoms with van der Waals surface area (Å²) < 4.78 is 0. The van der Waals surface area contributed by atoms with E-state index < -0.39 is 0 Å². The average molecular weight is 213 g/mol. The van der Waals surface area contributed by atoms with Crippen molar-refractivity contribution in [1.29, 1.82) is 0 Å². The summed E-state index contributed by atoms with van der Waals surface area (Å²) in [5, 5.41) is 13.1. The molecule has 0 saturated heterocycles. The van der Waals surface area contributed by atoms with Gasteiger partial charge < -0.3 is 10.4 Å². The fraction of sp³-hybridized carbons (Fsp3) is 1.00. The van der Waals surface area contributed by atoms with Gasteiger partial charge in [0.1, 0.15) is 0 Å². The Bertz CT molecular complexity index is 171. The van der Waals surface area contributed by atoms with Crippen LogP contribution in [0.2, 0.25) is 0 Å². The van der Waals surface area contributed by atoms with Crippen molar-refractivity contribution in [3.63, 3.8) is 0 Å². The number of rotatable bonds is 5. The maximum absolute atomic E-state index is 9.53. The molecule has 0 radical (unpaired) electrons. The molecule has 0 bridgehead atoms. The van der Waals surface area contributed by atoms with Crippen LogP contribution in [0.25, 0.3) is 0 Å². The van der Waals surface area contributed by atoms with Crippen molar-refractivity contribution < 1.29 is 5.11 Å². The second-order valence-electron chi connectivity index (χ2n) is 5.45. The highest BCUT2D eigenvalue weighted by molar-refractivity contribution is 4.92. The Kier molecular flexibility index (Phi) is 5.07. The Labute approximate surface area is 94.5 Å². The molecule has 0 atom stereocenters. The summed E-state index contributed by atoms with van der Waals surface area (Å²) in [5.41, 5.74) is 0.0431. The van der Waals surface area contributed by atoms with E-state index in [1.54, 1.807) is 0 Å². The quantitative estimate of drug-likeness (QED) is 0.735.